The number of aromatic nitrogens is 4. The fourth-order valence-electron chi connectivity index (χ4n) is 4.00. The molecule has 1 fully saturated rings. The molecule has 1 aromatic carbocycles. The van der Waals surface area contributed by atoms with Crippen LogP contribution in [0, 0.1) is 0 Å². The second-order valence-electron chi connectivity index (χ2n) is 9.02. The van der Waals surface area contributed by atoms with E-state index < -0.39 is 0 Å². The zero-order valence-corrected chi connectivity index (χ0v) is 22.4. The molecule has 0 spiro atoms. The van der Waals surface area contributed by atoms with Gasteiger partial charge in [-0.1, -0.05) is 29.4 Å². The Bertz CT molecular complexity index is 1460. The lowest BCUT2D eigenvalue weighted by molar-refractivity contribution is -0.118. The quantitative estimate of drug-likeness (QED) is 0.259. The Hall–Kier alpha value is -4.32. The highest BCUT2D eigenvalue weighted by Crippen LogP contribution is 2.32. The van der Waals surface area contributed by atoms with Crippen LogP contribution in [0.2, 0.25) is 5.02 Å². The highest BCUT2D eigenvalue weighted by Gasteiger charge is 2.17. The van der Waals surface area contributed by atoms with E-state index in [0.29, 0.717) is 71.2 Å². The van der Waals surface area contributed by atoms with E-state index in [4.69, 9.17) is 25.6 Å². The number of pyridine rings is 1. The van der Waals surface area contributed by atoms with Crippen LogP contribution in [-0.4, -0.2) is 63.8 Å². The minimum absolute atomic E-state index is 0.191. The van der Waals surface area contributed by atoms with Gasteiger partial charge in [-0.15, -0.1) is 0 Å². The molecule has 0 radical (unpaired) electrons. The summed E-state index contributed by atoms with van der Waals surface area (Å²) in [7, 11) is 0. The van der Waals surface area contributed by atoms with Gasteiger partial charge in [-0.2, -0.15) is 0 Å². The number of carbonyl (C=O) groups is 1. The maximum atomic E-state index is 12.5. The number of carbonyl (C=O) groups excluding carboxylic acids is 1. The molecule has 4 aromatic rings. The number of ether oxygens (including phenoxy) is 2. The first-order valence-corrected chi connectivity index (χ1v) is 13.0. The van der Waals surface area contributed by atoms with E-state index in [9.17, 15) is 4.79 Å². The lowest BCUT2D eigenvalue weighted by atomic mass is 10.2. The Morgan fingerprint density at radius 1 is 1.12 bits per heavy atom. The van der Waals surface area contributed by atoms with Crippen LogP contribution in [-0.2, 0) is 22.7 Å². The van der Waals surface area contributed by atoms with Crippen molar-refractivity contribution < 1.29 is 18.8 Å². The van der Waals surface area contributed by atoms with E-state index in [0.717, 1.165) is 18.8 Å². The Balaban J connectivity index is 1.19. The molecule has 206 valence electrons. The van der Waals surface area contributed by atoms with Crippen molar-refractivity contribution in [1.82, 2.24) is 30.3 Å². The van der Waals surface area contributed by atoms with Crippen LogP contribution in [0.1, 0.15) is 11.4 Å². The van der Waals surface area contributed by atoms with Gasteiger partial charge in [0.05, 0.1) is 36.0 Å². The van der Waals surface area contributed by atoms with Crippen molar-refractivity contribution in [2.75, 3.05) is 38.2 Å². The van der Waals surface area contributed by atoms with Crippen molar-refractivity contribution in [1.29, 1.82) is 0 Å². The minimum Gasteiger partial charge on any atom is -0.486 e. The molecule has 1 amide bonds. The molecule has 0 aliphatic carbocycles. The molecular weight excluding hydrogens is 534 g/mol. The van der Waals surface area contributed by atoms with Crippen LogP contribution >= 0.6 is 11.6 Å². The Morgan fingerprint density at radius 3 is 2.80 bits per heavy atom. The molecule has 0 unspecified atom stereocenters. The summed E-state index contributed by atoms with van der Waals surface area (Å²) in [6.07, 6.45) is 4.76. The molecule has 0 bridgehead atoms. The minimum atomic E-state index is -0.231. The standard InChI is InChI=1S/C28H28ClN7O4/c1-19(16-36-8-10-38-11-9-36)28(37)32-14-22-13-26(40-35-22)23-15-30-18-33-27(23)34-20-5-6-25(24(29)12-20)39-17-21-4-2-3-7-31-21/h2-7,12-13,15,18H,1,8-11,14,16-17H2,(H,32,37)(H,30,33,34). The molecule has 3 aromatic heterocycles. The number of halogens is 1. The second-order valence-corrected chi connectivity index (χ2v) is 9.43. The van der Waals surface area contributed by atoms with Crippen molar-refractivity contribution in [3.8, 4) is 17.1 Å². The van der Waals surface area contributed by atoms with Crippen LogP contribution in [0.25, 0.3) is 11.3 Å². The molecule has 12 heteroatoms. The topological polar surface area (TPSA) is 128 Å². The van der Waals surface area contributed by atoms with Crippen molar-refractivity contribution in [3.63, 3.8) is 0 Å². The molecule has 5 rings (SSSR count). The molecular formula is C28H28ClN7O4. The van der Waals surface area contributed by atoms with E-state index in [1.165, 1.54) is 6.33 Å². The first-order chi connectivity index (χ1) is 19.5. The lowest BCUT2D eigenvalue weighted by Gasteiger charge is -2.26. The predicted molar refractivity (Wildman–Crippen MR) is 149 cm³/mol. The van der Waals surface area contributed by atoms with Crippen LogP contribution in [0.5, 0.6) is 5.75 Å². The van der Waals surface area contributed by atoms with E-state index in [1.54, 1.807) is 30.6 Å². The van der Waals surface area contributed by atoms with E-state index >= 15 is 0 Å². The number of hydrogen-bond donors (Lipinski definition) is 2. The van der Waals surface area contributed by atoms with Crippen LogP contribution in [0.15, 0.2) is 77.9 Å². The van der Waals surface area contributed by atoms with Crippen LogP contribution in [0.3, 0.4) is 0 Å². The van der Waals surface area contributed by atoms with Gasteiger partial charge in [0.2, 0.25) is 5.91 Å². The van der Waals surface area contributed by atoms with E-state index in [-0.39, 0.29) is 12.5 Å². The number of rotatable bonds is 11. The second kappa shape index (κ2) is 13.2. The molecule has 2 N–H and O–H groups in total. The SMILES string of the molecule is C=C(CN1CCOCC1)C(=O)NCc1cc(-c2cncnc2Nc2ccc(OCc3ccccn3)c(Cl)c2)on1. The molecule has 0 saturated carbocycles. The Kier molecular flexibility index (Phi) is 8.96. The maximum absolute atomic E-state index is 12.5. The van der Waals surface area contributed by atoms with Crippen molar-refractivity contribution in [3.05, 3.63) is 89.7 Å². The van der Waals surface area contributed by atoms with Gasteiger partial charge < -0.3 is 24.6 Å². The Morgan fingerprint density at radius 2 is 2.00 bits per heavy atom. The van der Waals surface area contributed by atoms with Gasteiger partial charge in [-0.3, -0.25) is 14.7 Å². The third-order valence-corrected chi connectivity index (χ3v) is 6.40. The number of hydrogen-bond acceptors (Lipinski definition) is 10. The first kappa shape index (κ1) is 27.3. The Labute approximate surface area is 236 Å². The lowest BCUT2D eigenvalue weighted by Crippen LogP contribution is -2.39. The summed E-state index contributed by atoms with van der Waals surface area (Å²) in [4.78, 5) is 27.4. The molecule has 1 aliphatic heterocycles. The molecule has 1 aliphatic rings. The van der Waals surface area contributed by atoms with Crippen LogP contribution in [0.4, 0.5) is 11.5 Å². The largest absolute Gasteiger partial charge is 0.486 e. The summed E-state index contributed by atoms with van der Waals surface area (Å²) in [5.74, 6) is 1.25. The molecule has 1 saturated heterocycles. The zero-order chi connectivity index (χ0) is 27.7. The smallest absolute Gasteiger partial charge is 0.248 e. The highest BCUT2D eigenvalue weighted by atomic mass is 35.5. The fraction of sp³-hybridized carbons (Fsp3) is 0.250. The maximum Gasteiger partial charge on any atom is 0.248 e. The summed E-state index contributed by atoms with van der Waals surface area (Å²) in [5, 5.41) is 10.6. The van der Waals surface area contributed by atoms with Gasteiger partial charge in [0.25, 0.3) is 0 Å². The number of benzene rings is 1. The molecule has 0 atom stereocenters. The number of anilines is 2. The van der Waals surface area contributed by atoms with Crippen LogP contribution < -0.4 is 15.4 Å². The summed E-state index contributed by atoms with van der Waals surface area (Å²) < 4.78 is 16.7. The monoisotopic (exact) mass is 561 g/mol. The van der Waals surface area contributed by atoms with Crippen molar-refractivity contribution >= 4 is 29.0 Å². The third kappa shape index (κ3) is 7.20. The zero-order valence-electron chi connectivity index (χ0n) is 21.7. The summed E-state index contributed by atoms with van der Waals surface area (Å²) in [6.45, 7) is 7.80. The predicted octanol–water partition coefficient (Wildman–Crippen LogP) is 4.01. The van der Waals surface area contributed by atoms with Gasteiger partial charge >= 0.3 is 0 Å². The number of amides is 1. The summed E-state index contributed by atoms with van der Waals surface area (Å²) in [5.41, 5.74) is 3.13. The number of morpholine rings is 1. The average molecular weight is 562 g/mol. The van der Waals surface area contributed by atoms with Crippen molar-refractivity contribution in [2.45, 2.75) is 13.2 Å². The van der Waals surface area contributed by atoms with Crippen molar-refractivity contribution in [2.24, 2.45) is 0 Å². The highest BCUT2D eigenvalue weighted by molar-refractivity contribution is 6.32. The normalized spacial score (nSPS) is 13.5. The fourth-order valence-corrected chi connectivity index (χ4v) is 4.23. The first-order valence-electron chi connectivity index (χ1n) is 12.7. The van der Waals surface area contributed by atoms with Gasteiger partial charge in [0.1, 0.15) is 30.2 Å². The third-order valence-electron chi connectivity index (χ3n) is 6.10. The summed E-state index contributed by atoms with van der Waals surface area (Å²) >= 11 is 6.46. The van der Waals surface area contributed by atoms with Gasteiger partial charge in [-0.05, 0) is 30.3 Å². The average Bonchev–Trinajstić information content (AvgIpc) is 3.46. The van der Waals surface area contributed by atoms with Gasteiger partial charge in [-0.25, -0.2) is 9.97 Å². The number of nitrogens with one attached hydrogen (secondary N) is 2. The molecule has 40 heavy (non-hydrogen) atoms. The molecule has 4 heterocycles. The number of nitrogens with zero attached hydrogens (tertiary/aromatic N) is 5. The molecule has 11 nitrogen and oxygen atoms in total. The van der Waals surface area contributed by atoms with Gasteiger partial charge in [0, 0.05) is 49.4 Å². The summed E-state index contributed by atoms with van der Waals surface area (Å²) in [6, 6.07) is 12.7. The van der Waals surface area contributed by atoms with E-state index in [1.807, 2.05) is 24.3 Å². The van der Waals surface area contributed by atoms with Gasteiger partial charge in [0.15, 0.2) is 5.76 Å². The van der Waals surface area contributed by atoms with E-state index in [2.05, 4.69) is 42.2 Å².